The number of rotatable bonds is 5. The highest BCUT2D eigenvalue weighted by molar-refractivity contribution is 9.10. The van der Waals surface area contributed by atoms with Gasteiger partial charge in [0.05, 0.1) is 0 Å². The Bertz CT molecular complexity index is 573. The predicted octanol–water partition coefficient (Wildman–Crippen LogP) is 1.94. The third-order valence-electron chi connectivity index (χ3n) is 3.54. The molecule has 1 heterocycles. The van der Waals surface area contributed by atoms with Gasteiger partial charge in [-0.2, -0.15) is 0 Å². The van der Waals surface area contributed by atoms with Crippen LogP contribution in [0.2, 0.25) is 0 Å². The minimum Gasteiger partial charge on any atom is -0.353 e. The van der Waals surface area contributed by atoms with Gasteiger partial charge in [0.25, 0.3) is 0 Å². The van der Waals surface area contributed by atoms with Crippen LogP contribution in [0.3, 0.4) is 0 Å². The summed E-state index contributed by atoms with van der Waals surface area (Å²) in [6, 6.07) is 7.94. The average molecular weight is 367 g/mol. The third-order valence-corrected chi connectivity index (χ3v) is 4.03. The molecule has 1 saturated heterocycles. The van der Waals surface area contributed by atoms with E-state index in [0.29, 0.717) is 0 Å². The second-order valence-corrected chi connectivity index (χ2v) is 6.67. The van der Waals surface area contributed by atoms with Gasteiger partial charge >= 0.3 is 0 Å². The molecule has 3 amide bonds. The van der Waals surface area contributed by atoms with Gasteiger partial charge in [0, 0.05) is 29.8 Å². The molecule has 1 fully saturated rings. The van der Waals surface area contributed by atoms with Crippen molar-refractivity contribution in [1.82, 2.24) is 10.6 Å². The number of hydrogen-bond donors (Lipinski definition) is 2. The van der Waals surface area contributed by atoms with Crippen LogP contribution in [-0.4, -0.2) is 23.8 Å². The summed E-state index contributed by atoms with van der Waals surface area (Å²) in [6.07, 6.45) is 1.41. The fourth-order valence-corrected chi connectivity index (χ4v) is 3.11. The van der Waals surface area contributed by atoms with E-state index < -0.39 is 0 Å². The molecule has 1 aromatic carbocycles. The summed E-state index contributed by atoms with van der Waals surface area (Å²) in [5.41, 5.74) is 1.13. The molecule has 5 nitrogen and oxygen atoms in total. The number of benzene rings is 1. The number of amides is 3. The minimum absolute atomic E-state index is 0.00470. The van der Waals surface area contributed by atoms with Crippen LogP contribution >= 0.6 is 15.9 Å². The topological polar surface area (TPSA) is 75.3 Å². The Hall–Kier alpha value is -1.69. The zero-order valence-electron chi connectivity index (χ0n) is 12.4. The summed E-state index contributed by atoms with van der Waals surface area (Å²) in [6.45, 7) is 1.94. The number of carbonyl (C=O) groups excluding carboxylic acids is 3. The summed E-state index contributed by atoms with van der Waals surface area (Å²) in [7, 11) is 0. The SMILES string of the molecule is CC(Cc1cccc(Br)c1)NC(=O)CC1CC(=O)NC(=O)C1. The summed E-state index contributed by atoms with van der Waals surface area (Å²) in [4.78, 5) is 34.6. The van der Waals surface area contributed by atoms with E-state index in [2.05, 4.69) is 26.6 Å². The van der Waals surface area contributed by atoms with Crippen molar-refractivity contribution in [1.29, 1.82) is 0 Å². The molecule has 1 atom stereocenters. The Balaban J connectivity index is 1.81. The maximum Gasteiger partial charge on any atom is 0.226 e. The maximum atomic E-state index is 12.0. The summed E-state index contributed by atoms with van der Waals surface area (Å²) >= 11 is 3.42. The van der Waals surface area contributed by atoms with E-state index in [1.54, 1.807) is 0 Å². The quantitative estimate of drug-likeness (QED) is 0.781. The van der Waals surface area contributed by atoms with Gasteiger partial charge in [-0.1, -0.05) is 28.1 Å². The van der Waals surface area contributed by atoms with Crippen LogP contribution in [-0.2, 0) is 20.8 Å². The Kier molecular flexibility index (Phi) is 5.71. The monoisotopic (exact) mass is 366 g/mol. The highest BCUT2D eigenvalue weighted by atomic mass is 79.9. The zero-order valence-corrected chi connectivity index (χ0v) is 14.0. The first kappa shape index (κ1) is 16.7. The minimum atomic E-state index is -0.295. The Labute approximate surface area is 138 Å². The van der Waals surface area contributed by atoms with Crippen LogP contribution in [0, 0.1) is 5.92 Å². The van der Waals surface area contributed by atoms with Gasteiger partial charge in [-0.25, -0.2) is 0 Å². The highest BCUT2D eigenvalue weighted by Gasteiger charge is 2.26. The van der Waals surface area contributed by atoms with Crippen molar-refractivity contribution in [3.63, 3.8) is 0 Å². The van der Waals surface area contributed by atoms with Crippen LogP contribution < -0.4 is 10.6 Å². The van der Waals surface area contributed by atoms with Crippen molar-refractivity contribution in [2.45, 2.75) is 38.6 Å². The van der Waals surface area contributed by atoms with Crippen molar-refractivity contribution in [3.8, 4) is 0 Å². The molecule has 1 aromatic rings. The van der Waals surface area contributed by atoms with Crippen LogP contribution in [0.5, 0.6) is 0 Å². The lowest BCUT2D eigenvalue weighted by Gasteiger charge is -2.21. The molecule has 1 aliphatic heterocycles. The molecule has 6 heteroatoms. The Morgan fingerprint density at radius 1 is 1.36 bits per heavy atom. The number of piperidine rings is 1. The Morgan fingerprint density at radius 3 is 2.68 bits per heavy atom. The first-order valence-electron chi connectivity index (χ1n) is 7.29. The van der Waals surface area contributed by atoms with Crippen molar-refractivity contribution in [2.75, 3.05) is 0 Å². The van der Waals surface area contributed by atoms with Gasteiger partial charge in [0.15, 0.2) is 0 Å². The van der Waals surface area contributed by atoms with E-state index in [1.165, 1.54) is 0 Å². The van der Waals surface area contributed by atoms with Gasteiger partial charge < -0.3 is 5.32 Å². The van der Waals surface area contributed by atoms with Gasteiger partial charge in [-0.05, 0) is 37.0 Å². The molecular weight excluding hydrogens is 348 g/mol. The van der Waals surface area contributed by atoms with Crippen molar-refractivity contribution < 1.29 is 14.4 Å². The predicted molar refractivity (Wildman–Crippen MR) is 85.9 cm³/mol. The van der Waals surface area contributed by atoms with Gasteiger partial charge in [-0.3, -0.25) is 19.7 Å². The summed E-state index contributed by atoms with van der Waals surface area (Å²) < 4.78 is 1.01. The molecule has 0 saturated carbocycles. The largest absolute Gasteiger partial charge is 0.353 e. The number of nitrogens with one attached hydrogen (secondary N) is 2. The second kappa shape index (κ2) is 7.54. The lowest BCUT2D eigenvalue weighted by molar-refractivity contribution is -0.135. The standard InChI is InChI=1S/C16H19BrN2O3/c1-10(5-11-3-2-4-13(17)6-11)18-14(20)7-12-8-15(21)19-16(22)9-12/h2-4,6,10,12H,5,7-9H2,1H3,(H,18,20)(H,19,21,22). The van der Waals surface area contributed by atoms with E-state index in [9.17, 15) is 14.4 Å². The molecule has 0 bridgehead atoms. The van der Waals surface area contributed by atoms with Crippen LogP contribution in [0.1, 0.15) is 31.7 Å². The normalized spacial score (nSPS) is 17.0. The number of carbonyl (C=O) groups is 3. The third kappa shape index (κ3) is 5.26. The van der Waals surface area contributed by atoms with Crippen LogP contribution in [0.15, 0.2) is 28.7 Å². The van der Waals surface area contributed by atoms with Crippen molar-refractivity contribution >= 4 is 33.7 Å². The molecule has 0 radical (unpaired) electrons. The molecule has 2 N–H and O–H groups in total. The fraction of sp³-hybridized carbons (Fsp3) is 0.438. The van der Waals surface area contributed by atoms with Gasteiger partial charge in [0.2, 0.25) is 17.7 Å². The molecule has 22 heavy (non-hydrogen) atoms. The van der Waals surface area contributed by atoms with E-state index in [0.717, 1.165) is 16.5 Å². The van der Waals surface area contributed by atoms with Crippen molar-refractivity contribution in [3.05, 3.63) is 34.3 Å². The van der Waals surface area contributed by atoms with Gasteiger partial charge in [-0.15, -0.1) is 0 Å². The Morgan fingerprint density at radius 2 is 2.05 bits per heavy atom. The first-order valence-corrected chi connectivity index (χ1v) is 8.08. The molecule has 0 aromatic heterocycles. The zero-order chi connectivity index (χ0) is 16.1. The average Bonchev–Trinajstić information content (AvgIpc) is 2.36. The molecule has 0 aliphatic carbocycles. The maximum absolute atomic E-state index is 12.0. The number of halogens is 1. The van der Waals surface area contributed by atoms with E-state index in [4.69, 9.17) is 0 Å². The molecule has 118 valence electrons. The molecule has 1 unspecified atom stereocenters. The molecular formula is C16H19BrN2O3. The fourth-order valence-electron chi connectivity index (χ4n) is 2.66. The molecule has 2 rings (SSSR count). The molecule has 0 spiro atoms. The number of imide groups is 1. The highest BCUT2D eigenvalue weighted by Crippen LogP contribution is 2.18. The lowest BCUT2D eigenvalue weighted by atomic mass is 9.93. The van der Waals surface area contributed by atoms with Gasteiger partial charge in [0.1, 0.15) is 0 Å². The smallest absolute Gasteiger partial charge is 0.226 e. The second-order valence-electron chi connectivity index (χ2n) is 5.75. The van der Waals surface area contributed by atoms with Crippen LogP contribution in [0.25, 0.3) is 0 Å². The first-order chi connectivity index (χ1) is 10.4. The number of hydrogen-bond acceptors (Lipinski definition) is 3. The molecule has 1 aliphatic rings. The summed E-state index contributed by atoms with van der Waals surface area (Å²) in [5, 5.41) is 5.17. The lowest BCUT2D eigenvalue weighted by Crippen LogP contribution is -2.41. The summed E-state index contributed by atoms with van der Waals surface area (Å²) in [5.74, 6) is -0.901. The van der Waals surface area contributed by atoms with E-state index in [-0.39, 0.29) is 48.9 Å². The van der Waals surface area contributed by atoms with E-state index in [1.807, 2.05) is 31.2 Å². The van der Waals surface area contributed by atoms with E-state index >= 15 is 0 Å². The van der Waals surface area contributed by atoms with Crippen LogP contribution in [0.4, 0.5) is 0 Å². The van der Waals surface area contributed by atoms with Crippen molar-refractivity contribution in [2.24, 2.45) is 5.92 Å².